The van der Waals surface area contributed by atoms with E-state index in [1.165, 1.54) is 14.2 Å². The first kappa shape index (κ1) is 14.2. The zero-order valence-electron chi connectivity index (χ0n) is 9.33. The molecule has 0 fully saturated rings. The van der Waals surface area contributed by atoms with Gasteiger partial charge in [-0.25, -0.2) is 4.79 Å². The number of carbonyl (C=O) groups is 1. The molecule has 0 amide bonds. The summed E-state index contributed by atoms with van der Waals surface area (Å²) >= 11 is 5.03. The molecule has 0 saturated heterocycles. The normalized spacial score (nSPS) is 13.1. The van der Waals surface area contributed by atoms with Crippen molar-refractivity contribution in [1.82, 2.24) is 0 Å². The lowest BCUT2D eigenvalue weighted by molar-refractivity contribution is -0.134. The van der Waals surface area contributed by atoms with Crippen molar-refractivity contribution in [3.8, 4) is 0 Å². The summed E-state index contributed by atoms with van der Waals surface area (Å²) in [6, 6.07) is 8.38. The summed E-state index contributed by atoms with van der Waals surface area (Å²) in [6.45, 7) is 0. The third-order valence-corrected chi connectivity index (χ3v) is 4.55. The Bertz CT molecular complexity index is 414. The monoisotopic (exact) mass is 278 g/mol. The zero-order chi connectivity index (χ0) is 12.9. The fourth-order valence-electron chi connectivity index (χ4n) is 1.41. The maximum absolute atomic E-state index is 12.2. The average molecular weight is 279 g/mol. The molecule has 0 aliphatic heterocycles. The molecule has 1 aromatic rings. The van der Waals surface area contributed by atoms with Gasteiger partial charge in [0.2, 0.25) is 0 Å². The summed E-state index contributed by atoms with van der Waals surface area (Å²) < 4.78 is 26.0. The van der Waals surface area contributed by atoms with Crippen LogP contribution < -0.4 is 0 Å². The van der Waals surface area contributed by atoms with E-state index in [-0.39, 0.29) is 0 Å². The summed E-state index contributed by atoms with van der Waals surface area (Å²) in [7, 11) is -1.25. The molecule has 0 spiro atoms. The van der Waals surface area contributed by atoms with Crippen LogP contribution in [0.4, 0.5) is 0 Å². The molecule has 0 saturated carbocycles. The van der Waals surface area contributed by atoms with Gasteiger partial charge in [-0.3, -0.25) is 4.57 Å². The molecule has 0 radical (unpaired) electrons. The Hall–Kier alpha value is -0.870. The largest absolute Gasteiger partial charge is 0.348 e. The van der Waals surface area contributed by atoms with E-state index in [4.69, 9.17) is 20.9 Å². The van der Waals surface area contributed by atoms with E-state index in [1.54, 1.807) is 30.3 Å². The van der Waals surface area contributed by atoms with Crippen LogP contribution in [0.15, 0.2) is 30.3 Å². The first-order chi connectivity index (χ1) is 8.09. The molecule has 0 heterocycles. The van der Waals surface area contributed by atoms with Gasteiger partial charge in [-0.05, 0) is 5.56 Å². The first-order valence-corrected chi connectivity index (χ1v) is 6.59. The Morgan fingerprint density at radius 1 is 1.24 bits per heavy atom. The molecule has 1 atom stereocenters. The summed E-state index contributed by atoms with van der Waals surface area (Å²) in [4.78, 5) is 11.6. The fourth-order valence-corrected chi connectivity index (χ4v) is 2.98. The van der Waals surface area contributed by atoms with Gasteiger partial charge in [-0.15, -0.1) is 0 Å². The van der Waals surface area contributed by atoms with Crippen molar-refractivity contribution in [2.45, 2.75) is 5.66 Å². The van der Waals surface area contributed by atoms with Crippen LogP contribution in [0, 0.1) is 0 Å². The van der Waals surface area contributed by atoms with Crippen molar-refractivity contribution in [3.05, 3.63) is 35.9 Å². The van der Waals surface area contributed by atoms with Gasteiger partial charge in [0.25, 0.3) is 0 Å². The fraction of sp³-hybridized carbons (Fsp3) is 0.300. The zero-order valence-corrected chi connectivity index (χ0v) is 11.0. The predicted molar refractivity (Wildman–Crippen MR) is 62.8 cm³/mol. The first-order valence-electron chi connectivity index (χ1n) is 4.67. The molecule has 0 aliphatic rings. The van der Waals surface area contributed by atoms with Gasteiger partial charge in [-0.2, -0.15) is 0 Å². The molecular formula is C10H12ClO5P. The van der Waals surface area contributed by atoms with Crippen LogP contribution in [0.1, 0.15) is 11.2 Å². The summed E-state index contributed by atoms with van der Waals surface area (Å²) in [6.07, 6.45) is 0. The lowest BCUT2D eigenvalue weighted by Crippen LogP contribution is -2.15. The number of hydrogen-bond acceptors (Lipinski definition) is 5. The number of rotatable bonds is 5. The van der Waals surface area contributed by atoms with Gasteiger partial charge in [0.1, 0.15) is 11.9 Å². The number of benzene rings is 1. The molecule has 5 nitrogen and oxygen atoms in total. The standard InChI is InChI=1S/C10H12ClO5P/c1-14-17(13,15-2)9(10(12)16-11)8-6-4-3-5-7-8/h3-7,9H,1-2H3. The Kier molecular flexibility index (Phi) is 5.15. The van der Waals surface area contributed by atoms with Crippen molar-refractivity contribution in [3.63, 3.8) is 0 Å². The highest BCUT2D eigenvalue weighted by Crippen LogP contribution is 2.60. The van der Waals surface area contributed by atoms with Gasteiger partial charge in [0.15, 0.2) is 5.66 Å². The molecule has 94 valence electrons. The van der Waals surface area contributed by atoms with Crippen molar-refractivity contribution in [2.75, 3.05) is 14.2 Å². The molecule has 0 bridgehead atoms. The molecule has 7 heteroatoms. The molecule has 1 unspecified atom stereocenters. The second kappa shape index (κ2) is 6.17. The minimum absolute atomic E-state index is 0.449. The van der Waals surface area contributed by atoms with Crippen LogP contribution >= 0.6 is 19.5 Å². The lowest BCUT2D eigenvalue weighted by Gasteiger charge is -2.21. The maximum atomic E-state index is 12.2. The Morgan fingerprint density at radius 3 is 2.18 bits per heavy atom. The highest BCUT2D eigenvalue weighted by Gasteiger charge is 2.42. The lowest BCUT2D eigenvalue weighted by atomic mass is 10.1. The highest BCUT2D eigenvalue weighted by atomic mass is 35.5. The molecule has 0 aliphatic carbocycles. The van der Waals surface area contributed by atoms with Crippen LogP contribution in [-0.2, 0) is 22.7 Å². The van der Waals surface area contributed by atoms with Crippen LogP contribution in [0.3, 0.4) is 0 Å². The van der Waals surface area contributed by atoms with Crippen molar-refractivity contribution in [2.24, 2.45) is 0 Å². The molecule has 1 aromatic carbocycles. The Labute approximate surface area is 104 Å². The summed E-state index contributed by atoms with van der Waals surface area (Å²) in [5, 5.41) is 0. The summed E-state index contributed by atoms with van der Waals surface area (Å²) in [5.41, 5.74) is -0.749. The van der Waals surface area contributed by atoms with Crippen molar-refractivity contribution < 1.29 is 22.7 Å². The van der Waals surface area contributed by atoms with Gasteiger partial charge in [-0.1, -0.05) is 30.3 Å². The van der Waals surface area contributed by atoms with E-state index in [2.05, 4.69) is 4.29 Å². The minimum atomic E-state index is -3.64. The molecule has 0 N–H and O–H groups in total. The van der Waals surface area contributed by atoms with Gasteiger partial charge in [0, 0.05) is 14.2 Å². The van der Waals surface area contributed by atoms with Crippen molar-refractivity contribution >= 4 is 25.4 Å². The van der Waals surface area contributed by atoms with E-state index in [9.17, 15) is 9.36 Å². The van der Waals surface area contributed by atoms with Gasteiger partial charge in [0.05, 0.1) is 0 Å². The quantitative estimate of drug-likeness (QED) is 0.775. The van der Waals surface area contributed by atoms with Crippen LogP contribution in [0.5, 0.6) is 0 Å². The van der Waals surface area contributed by atoms with Crippen LogP contribution in [0.2, 0.25) is 0 Å². The number of hydrogen-bond donors (Lipinski definition) is 0. The third kappa shape index (κ3) is 3.07. The van der Waals surface area contributed by atoms with Crippen LogP contribution in [-0.4, -0.2) is 20.2 Å². The predicted octanol–water partition coefficient (Wildman–Crippen LogP) is 2.91. The van der Waals surface area contributed by atoms with E-state index in [0.717, 1.165) is 0 Å². The molecule has 1 rings (SSSR count). The minimum Gasteiger partial charge on any atom is -0.346 e. The van der Waals surface area contributed by atoms with E-state index < -0.39 is 19.2 Å². The average Bonchev–Trinajstić information content (AvgIpc) is 2.39. The van der Waals surface area contributed by atoms with E-state index in [0.29, 0.717) is 5.56 Å². The second-order valence-electron chi connectivity index (χ2n) is 3.11. The number of carbonyl (C=O) groups excluding carboxylic acids is 1. The van der Waals surface area contributed by atoms with Gasteiger partial charge >= 0.3 is 13.6 Å². The van der Waals surface area contributed by atoms with Gasteiger partial charge < -0.3 is 13.3 Å². The summed E-state index contributed by atoms with van der Waals surface area (Å²) in [5.74, 6) is -0.884. The Morgan fingerprint density at radius 2 is 1.76 bits per heavy atom. The van der Waals surface area contributed by atoms with E-state index in [1.807, 2.05) is 0 Å². The molecule has 17 heavy (non-hydrogen) atoms. The smallest absolute Gasteiger partial charge is 0.346 e. The second-order valence-corrected chi connectivity index (χ2v) is 5.60. The number of halogens is 1. The van der Waals surface area contributed by atoms with E-state index >= 15 is 0 Å². The topological polar surface area (TPSA) is 61.8 Å². The Balaban J connectivity index is 3.23. The SMILES string of the molecule is COP(=O)(OC)C(C(=O)OCl)c1ccccc1. The molecular weight excluding hydrogens is 267 g/mol. The third-order valence-electron chi connectivity index (χ3n) is 2.24. The molecule has 0 aromatic heterocycles. The maximum Gasteiger partial charge on any atom is 0.348 e. The van der Waals surface area contributed by atoms with Crippen LogP contribution in [0.25, 0.3) is 0 Å². The van der Waals surface area contributed by atoms with Crippen molar-refractivity contribution in [1.29, 1.82) is 0 Å². The highest BCUT2D eigenvalue weighted by molar-refractivity contribution is 7.55.